The molecule has 2 aliphatic carbocycles. The fourth-order valence-electron chi connectivity index (χ4n) is 5.02. The average molecular weight is 418 g/mol. The number of aromatic nitrogens is 1. The zero-order chi connectivity index (χ0) is 20.8. The molecule has 2 aliphatic rings. The van der Waals surface area contributed by atoms with Crippen LogP contribution in [0, 0.1) is 31.6 Å². The van der Waals surface area contributed by atoms with Gasteiger partial charge in [0.15, 0.2) is 0 Å². The van der Waals surface area contributed by atoms with Gasteiger partial charge in [-0.3, -0.25) is 4.79 Å². The van der Waals surface area contributed by atoms with Gasteiger partial charge >= 0.3 is 0 Å². The molecule has 4 rings (SSSR count). The van der Waals surface area contributed by atoms with E-state index in [1.54, 1.807) is 26.0 Å². The van der Waals surface area contributed by atoms with E-state index in [1.807, 2.05) is 6.92 Å². The van der Waals surface area contributed by atoms with Crippen molar-refractivity contribution in [2.75, 3.05) is 5.32 Å². The van der Waals surface area contributed by atoms with Gasteiger partial charge in [0, 0.05) is 11.7 Å². The molecule has 4 atom stereocenters. The average Bonchev–Trinajstić information content (AvgIpc) is 3.38. The minimum atomic E-state index is -3.60. The predicted molar refractivity (Wildman–Crippen MR) is 109 cm³/mol. The van der Waals surface area contributed by atoms with Crippen LogP contribution in [0.15, 0.2) is 33.7 Å². The second kappa shape index (κ2) is 7.57. The van der Waals surface area contributed by atoms with Crippen molar-refractivity contribution < 1.29 is 17.7 Å². The molecule has 1 aromatic heterocycles. The maximum absolute atomic E-state index is 12.8. The number of hydrogen-bond acceptors (Lipinski definition) is 5. The second-order valence-electron chi connectivity index (χ2n) is 8.43. The maximum atomic E-state index is 12.8. The van der Waals surface area contributed by atoms with Gasteiger partial charge in [-0.15, -0.1) is 0 Å². The Kier molecular flexibility index (Phi) is 5.25. The van der Waals surface area contributed by atoms with Crippen LogP contribution in [0.5, 0.6) is 0 Å². The lowest BCUT2D eigenvalue weighted by molar-refractivity contribution is 0.102. The molecule has 2 fully saturated rings. The molecule has 2 bridgehead atoms. The molecule has 156 valence electrons. The third-order valence-corrected chi connectivity index (χ3v) is 8.03. The fourth-order valence-corrected chi connectivity index (χ4v) is 6.32. The Balaban J connectivity index is 1.42. The van der Waals surface area contributed by atoms with Crippen molar-refractivity contribution in [3.05, 3.63) is 41.3 Å². The Morgan fingerprint density at radius 2 is 1.90 bits per heavy atom. The van der Waals surface area contributed by atoms with E-state index < -0.39 is 10.0 Å². The molecule has 0 aliphatic heterocycles. The summed E-state index contributed by atoms with van der Waals surface area (Å²) >= 11 is 0. The Hall–Kier alpha value is -2.19. The van der Waals surface area contributed by atoms with E-state index in [0.29, 0.717) is 34.5 Å². The third kappa shape index (κ3) is 3.96. The highest BCUT2D eigenvalue weighted by Gasteiger charge is 2.42. The maximum Gasteiger partial charge on any atom is 0.261 e. The summed E-state index contributed by atoms with van der Waals surface area (Å²) in [5, 5.41) is 6.53. The van der Waals surface area contributed by atoms with Crippen LogP contribution >= 0.6 is 0 Å². The summed E-state index contributed by atoms with van der Waals surface area (Å²) < 4.78 is 33.5. The molecule has 1 amide bonds. The number of sulfonamides is 1. The van der Waals surface area contributed by atoms with Gasteiger partial charge in [-0.25, -0.2) is 13.1 Å². The summed E-state index contributed by atoms with van der Waals surface area (Å²) in [7, 11) is -3.60. The van der Waals surface area contributed by atoms with Gasteiger partial charge in [0.2, 0.25) is 10.0 Å². The number of hydrogen-bond donors (Lipinski definition) is 2. The number of anilines is 1. The summed E-state index contributed by atoms with van der Waals surface area (Å²) in [5.74, 6) is 1.96. The number of carbonyl (C=O) groups excluding carboxylic acids is 1. The summed E-state index contributed by atoms with van der Waals surface area (Å²) in [6.07, 6.45) is 4.89. The monoisotopic (exact) mass is 417 g/mol. The summed E-state index contributed by atoms with van der Waals surface area (Å²) in [6, 6.07) is 6.13. The van der Waals surface area contributed by atoms with Crippen molar-refractivity contribution >= 4 is 21.6 Å². The van der Waals surface area contributed by atoms with Crippen LogP contribution in [0.3, 0.4) is 0 Å². The lowest BCUT2D eigenvalue weighted by atomic mass is 9.84. The van der Waals surface area contributed by atoms with Gasteiger partial charge in [-0.1, -0.05) is 11.6 Å². The minimum Gasteiger partial charge on any atom is -0.361 e. The van der Waals surface area contributed by atoms with Gasteiger partial charge in [-0.2, -0.15) is 0 Å². The minimum absolute atomic E-state index is 0.0748. The van der Waals surface area contributed by atoms with Crippen LogP contribution < -0.4 is 10.0 Å². The van der Waals surface area contributed by atoms with E-state index in [-0.39, 0.29) is 16.8 Å². The zero-order valence-corrected chi connectivity index (χ0v) is 17.8. The Morgan fingerprint density at radius 3 is 2.45 bits per heavy atom. The Bertz CT molecular complexity index is 994. The highest BCUT2D eigenvalue weighted by atomic mass is 32.2. The molecule has 2 saturated carbocycles. The van der Waals surface area contributed by atoms with E-state index in [1.165, 1.54) is 31.4 Å². The zero-order valence-electron chi connectivity index (χ0n) is 16.9. The molecule has 0 spiro atoms. The van der Waals surface area contributed by atoms with E-state index in [2.05, 4.69) is 15.2 Å². The first-order valence-electron chi connectivity index (χ1n) is 10.1. The molecular formula is C21H27N3O4S. The van der Waals surface area contributed by atoms with Crippen LogP contribution in [0.1, 0.15) is 54.4 Å². The summed E-state index contributed by atoms with van der Waals surface area (Å²) in [4.78, 5) is 12.6. The van der Waals surface area contributed by atoms with Gasteiger partial charge in [0.05, 0.1) is 10.6 Å². The molecule has 4 unspecified atom stereocenters. The number of benzene rings is 1. The van der Waals surface area contributed by atoms with Gasteiger partial charge in [0.25, 0.3) is 5.91 Å². The largest absolute Gasteiger partial charge is 0.361 e. The molecule has 29 heavy (non-hydrogen) atoms. The van der Waals surface area contributed by atoms with E-state index >= 15 is 0 Å². The van der Waals surface area contributed by atoms with Crippen molar-refractivity contribution in [3.8, 4) is 0 Å². The number of nitrogens with one attached hydrogen (secondary N) is 2. The van der Waals surface area contributed by atoms with Crippen LogP contribution in [-0.2, 0) is 10.0 Å². The second-order valence-corrected chi connectivity index (χ2v) is 10.1. The molecular weight excluding hydrogens is 390 g/mol. The number of nitrogens with zero attached hydrogens (tertiary/aromatic N) is 1. The van der Waals surface area contributed by atoms with Crippen molar-refractivity contribution in [2.24, 2.45) is 17.8 Å². The molecule has 1 heterocycles. The number of amides is 1. The van der Waals surface area contributed by atoms with Crippen molar-refractivity contribution in [1.29, 1.82) is 0 Å². The molecule has 2 N–H and O–H groups in total. The fraction of sp³-hybridized carbons (Fsp3) is 0.524. The summed E-state index contributed by atoms with van der Waals surface area (Å²) in [6.45, 7) is 5.35. The number of fused-ring (bicyclic) bond motifs is 2. The summed E-state index contributed by atoms with van der Waals surface area (Å²) in [5.41, 5.74) is 1.41. The number of aryl methyl sites for hydroxylation is 2. The predicted octanol–water partition coefficient (Wildman–Crippen LogP) is 3.65. The van der Waals surface area contributed by atoms with Crippen LogP contribution in [0.25, 0.3) is 0 Å². The van der Waals surface area contributed by atoms with Crippen molar-refractivity contribution in [2.45, 2.75) is 57.4 Å². The standard InChI is InChI=1S/C21H27N3O4S/c1-12(19-11-15-4-5-16(19)10-15)24-29(26,27)18-8-6-17(7-9-18)22-21(25)20-13(2)23-28-14(20)3/h6-9,12,15-16,19,24H,4-5,10-11H2,1-3H3,(H,22,25). The smallest absolute Gasteiger partial charge is 0.261 e. The van der Waals surface area contributed by atoms with E-state index in [0.717, 1.165) is 12.3 Å². The topological polar surface area (TPSA) is 101 Å². The normalized spacial score (nSPS) is 24.6. The number of rotatable bonds is 6. The molecule has 8 heteroatoms. The SMILES string of the molecule is Cc1noc(C)c1C(=O)Nc1ccc(S(=O)(=O)NC(C)C2CC3CCC2C3)cc1. The highest BCUT2D eigenvalue weighted by Crippen LogP contribution is 2.49. The van der Waals surface area contributed by atoms with Crippen LogP contribution in [0.2, 0.25) is 0 Å². The molecule has 0 radical (unpaired) electrons. The first-order valence-corrected chi connectivity index (χ1v) is 11.6. The molecule has 2 aromatic rings. The molecule has 7 nitrogen and oxygen atoms in total. The van der Waals surface area contributed by atoms with Crippen LogP contribution in [0.4, 0.5) is 5.69 Å². The van der Waals surface area contributed by atoms with Crippen LogP contribution in [-0.4, -0.2) is 25.5 Å². The number of carbonyl (C=O) groups is 1. The Labute approximate surface area is 171 Å². The lowest BCUT2D eigenvalue weighted by Gasteiger charge is -2.28. The van der Waals surface area contributed by atoms with Crippen molar-refractivity contribution in [3.63, 3.8) is 0 Å². The first kappa shape index (κ1) is 20.1. The molecule has 1 aromatic carbocycles. The van der Waals surface area contributed by atoms with Gasteiger partial charge < -0.3 is 9.84 Å². The Morgan fingerprint density at radius 1 is 1.17 bits per heavy atom. The van der Waals surface area contributed by atoms with Gasteiger partial charge in [-0.05, 0) is 82.1 Å². The first-order chi connectivity index (χ1) is 13.7. The van der Waals surface area contributed by atoms with E-state index in [9.17, 15) is 13.2 Å². The highest BCUT2D eigenvalue weighted by molar-refractivity contribution is 7.89. The van der Waals surface area contributed by atoms with E-state index in [4.69, 9.17) is 4.52 Å². The quantitative estimate of drug-likeness (QED) is 0.747. The lowest BCUT2D eigenvalue weighted by Crippen LogP contribution is -2.40. The third-order valence-electron chi connectivity index (χ3n) is 6.46. The molecule has 0 saturated heterocycles. The van der Waals surface area contributed by atoms with Gasteiger partial charge in [0.1, 0.15) is 11.3 Å². The van der Waals surface area contributed by atoms with Crippen molar-refractivity contribution in [1.82, 2.24) is 9.88 Å².